The van der Waals surface area contributed by atoms with Crippen LogP contribution in [0.2, 0.25) is 0 Å². The molecule has 4 nitrogen and oxygen atoms in total. The van der Waals surface area contributed by atoms with Crippen molar-refractivity contribution in [2.75, 3.05) is 0 Å². The summed E-state index contributed by atoms with van der Waals surface area (Å²) in [6, 6.07) is 22.1. The van der Waals surface area contributed by atoms with E-state index in [1.165, 1.54) is 0 Å². The number of rotatable bonds is 6. The highest BCUT2D eigenvalue weighted by Crippen LogP contribution is 2.31. The second kappa shape index (κ2) is 7.70. The summed E-state index contributed by atoms with van der Waals surface area (Å²) in [6.07, 6.45) is 7.22. The van der Waals surface area contributed by atoms with E-state index in [9.17, 15) is 0 Å². The normalized spacial score (nSPS) is 10.5. The van der Waals surface area contributed by atoms with Gasteiger partial charge in [0.1, 0.15) is 18.1 Å². The van der Waals surface area contributed by atoms with E-state index < -0.39 is 0 Å². The summed E-state index contributed by atoms with van der Waals surface area (Å²) in [5.74, 6) is 0.830. The quantitative estimate of drug-likeness (QED) is 0.473. The van der Waals surface area contributed by atoms with E-state index in [1.54, 1.807) is 23.3 Å². The first kappa shape index (κ1) is 16.8. The molecule has 4 heteroatoms. The summed E-state index contributed by atoms with van der Waals surface area (Å²) in [7, 11) is 0. The predicted molar refractivity (Wildman–Crippen MR) is 108 cm³/mol. The third-order valence-electron chi connectivity index (χ3n) is 4.29. The molecule has 0 saturated heterocycles. The molecule has 0 saturated carbocycles. The van der Waals surface area contributed by atoms with Crippen molar-refractivity contribution in [3.8, 4) is 28.1 Å². The van der Waals surface area contributed by atoms with Gasteiger partial charge in [0, 0.05) is 35.9 Å². The zero-order valence-corrected chi connectivity index (χ0v) is 14.8. The lowest BCUT2D eigenvalue weighted by atomic mass is 10.0. The topological polar surface area (TPSA) is 39.9 Å². The summed E-state index contributed by atoms with van der Waals surface area (Å²) in [5.41, 5.74) is 5.17. The summed E-state index contributed by atoms with van der Waals surface area (Å²) < 4.78 is 7.60. The number of hydrogen-bond acceptors (Lipinski definition) is 3. The summed E-state index contributed by atoms with van der Waals surface area (Å²) in [4.78, 5) is 4.09. The van der Waals surface area contributed by atoms with Gasteiger partial charge in [-0.2, -0.15) is 5.10 Å². The first-order chi connectivity index (χ1) is 13.3. The molecule has 0 atom stereocenters. The maximum absolute atomic E-state index is 5.87. The first-order valence-electron chi connectivity index (χ1n) is 8.73. The fourth-order valence-corrected chi connectivity index (χ4v) is 2.89. The Balaban J connectivity index is 1.59. The van der Waals surface area contributed by atoms with Crippen molar-refractivity contribution in [2.45, 2.75) is 6.61 Å². The van der Waals surface area contributed by atoms with Gasteiger partial charge in [-0.3, -0.25) is 4.98 Å². The van der Waals surface area contributed by atoms with Crippen LogP contribution in [0.15, 0.2) is 91.9 Å². The van der Waals surface area contributed by atoms with E-state index in [-0.39, 0.29) is 0 Å². The maximum Gasteiger partial charge on any atom is 0.119 e. The third-order valence-corrected chi connectivity index (χ3v) is 4.29. The van der Waals surface area contributed by atoms with E-state index in [0.29, 0.717) is 6.61 Å². The number of pyridine rings is 1. The van der Waals surface area contributed by atoms with Gasteiger partial charge in [-0.25, -0.2) is 4.68 Å². The molecule has 4 rings (SSSR count). The molecule has 132 valence electrons. The van der Waals surface area contributed by atoms with Crippen molar-refractivity contribution < 1.29 is 4.74 Å². The predicted octanol–water partition coefficient (Wildman–Crippen LogP) is 5.29. The van der Waals surface area contributed by atoms with Gasteiger partial charge >= 0.3 is 0 Å². The van der Waals surface area contributed by atoms with Crippen LogP contribution < -0.4 is 4.74 Å². The highest BCUT2D eigenvalue weighted by molar-refractivity contribution is 5.80. The Bertz CT molecular complexity index is 1020. The lowest BCUT2D eigenvalue weighted by Gasteiger charge is -2.07. The zero-order valence-electron chi connectivity index (χ0n) is 14.8. The highest BCUT2D eigenvalue weighted by atomic mass is 16.5. The Kier molecular flexibility index (Phi) is 4.79. The number of ether oxygens (including phenoxy) is 1. The van der Waals surface area contributed by atoms with E-state index in [2.05, 4.69) is 28.8 Å². The van der Waals surface area contributed by atoms with Crippen LogP contribution in [-0.2, 0) is 6.61 Å². The van der Waals surface area contributed by atoms with Gasteiger partial charge in [-0.05, 0) is 47.5 Å². The molecule has 4 aromatic rings. The van der Waals surface area contributed by atoms with Crippen molar-refractivity contribution >= 4 is 6.20 Å². The molecule has 0 N–H and O–H groups in total. The maximum atomic E-state index is 5.87. The summed E-state index contributed by atoms with van der Waals surface area (Å²) in [5, 5.41) is 4.64. The van der Waals surface area contributed by atoms with Gasteiger partial charge < -0.3 is 4.74 Å². The fraction of sp³-hybridized carbons (Fsp3) is 0.0435. The average molecular weight is 353 g/mol. The standard InChI is InChI=1S/C23H19N3O/c1-2-26-16-22(19-12-14-24-15-13-19)23(25-26)20-8-10-21(11-9-20)27-17-18-6-4-3-5-7-18/h2-16H,1,17H2. The Morgan fingerprint density at radius 1 is 0.889 bits per heavy atom. The van der Waals surface area contributed by atoms with Crippen molar-refractivity contribution in [1.82, 2.24) is 14.8 Å². The molecule has 0 fully saturated rings. The van der Waals surface area contributed by atoms with Crippen molar-refractivity contribution in [2.24, 2.45) is 0 Å². The summed E-state index contributed by atoms with van der Waals surface area (Å²) in [6.45, 7) is 4.36. The van der Waals surface area contributed by atoms with Crippen molar-refractivity contribution in [3.63, 3.8) is 0 Å². The number of nitrogens with zero attached hydrogens (tertiary/aromatic N) is 3. The molecule has 2 aromatic heterocycles. The second-order valence-corrected chi connectivity index (χ2v) is 6.09. The second-order valence-electron chi connectivity index (χ2n) is 6.09. The van der Waals surface area contributed by atoms with E-state index >= 15 is 0 Å². The Hall–Kier alpha value is -3.66. The van der Waals surface area contributed by atoms with Gasteiger partial charge in [0.05, 0.1) is 0 Å². The molecule has 0 spiro atoms. The molecule has 0 aliphatic heterocycles. The lowest BCUT2D eigenvalue weighted by molar-refractivity contribution is 0.306. The zero-order chi connectivity index (χ0) is 18.5. The molecule has 0 aliphatic rings. The minimum atomic E-state index is 0.549. The first-order valence-corrected chi connectivity index (χ1v) is 8.73. The monoisotopic (exact) mass is 353 g/mol. The molecule has 0 aliphatic carbocycles. The number of aromatic nitrogens is 3. The van der Waals surface area contributed by atoms with Crippen LogP contribution >= 0.6 is 0 Å². The minimum Gasteiger partial charge on any atom is -0.489 e. The third kappa shape index (κ3) is 3.80. The van der Waals surface area contributed by atoms with E-state index in [0.717, 1.165) is 33.7 Å². The molecule has 0 unspecified atom stereocenters. The van der Waals surface area contributed by atoms with E-state index in [4.69, 9.17) is 4.74 Å². The Morgan fingerprint density at radius 3 is 2.33 bits per heavy atom. The SMILES string of the molecule is C=Cn1cc(-c2ccncc2)c(-c2ccc(OCc3ccccc3)cc2)n1. The van der Waals surface area contributed by atoms with Crippen LogP contribution in [-0.4, -0.2) is 14.8 Å². The van der Waals surface area contributed by atoms with Crippen LogP contribution in [0.5, 0.6) is 5.75 Å². The molecule has 2 heterocycles. The molecular formula is C23H19N3O. The molecule has 0 bridgehead atoms. The molecule has 0 radical (unpaired) electrons. The number of hydrogen-bond donors (Lipinski definition) is 0. The molecule has 0 amide bonds. The Labute approximate surface area is 158 Å². The fourth-order valence-electron chi connectivity index (χ4n) is 2.89. The smallest absolute Gasteiger partial charge is 0.119 e. The van der Waals surface area contributed by atoms with Crippen LogP contribution in [0.4, 0.5) is 0 Å². The van der Waals surface area contributed by atoms with Crippen LogP contribution in [0, 0.1) is 0 Å². The Morgan fingerprint density at radius 2 is 1.63 bits per heavy atom. The van der Waals surface area contributed by atoms with Crippen LogP contribution in [0.3, 0.4) is 0 Å². The van der Waals surface area contributed by atoms with Crippen molar-refractivity contribution in [1.29, 1.82) is 0 Å². The minimum absolute atomic E-state index is 0.549. The largest absolute Gasteiger partial charge is 0.489 e. The molecule has 2 aromatic carbocycles. The lowest BCUT2D eigenvalue weighted by Crippen LogP contribution is -1.94. The van der Waals surface area contributed by atoms with Gasteiger partial charge in [0.25, 0.3) is 0 Å². The number of benzene rings is 2. The van der Waals surface area contributed by atoms with Crippen molar-refractivity contribution in [3.05, 3.63) is 97.5 Å². The van der Waals surface area contributed by atoms with Gasteiger partial charge in [-0.15, -0.1) is 0 Å². The molecular weight excluding hydrogens is 334 g/mol. The van der Waals surface area contributed by atoms with E-state index in [1.807, 2.05) is 60.8 Å². The molecule has 27 heavy (non-hydrogen) atoms. The van der Waals surface area contributed by atoms with Crippen LogP contribution in [0.25, 0.3) is 28.6 Å². The highest BCUT2D eigenvalue weighted by Gasteiger charge is 2.12. The van der Waals surface area contributed by atoms with Crippen LogP contribution in [0.1, 0.15) is 5.56 Å². The summed E-state index contributed by atoms with van der Waals surface area (Å²) >= 11 is 0. The van der Waals surface area contributed by atoms with Gasteiger partial charge in [0.2, 0.25) is 0 Å². The van der Waals surface area contributed by atoms with Gasteiger partial charge in [-0.1, -0.05) is 36.9 Å². The van der Waals surface area contributed by atoms with Gasteiger partial charge in [0.15, 0.2) is 0 Å². The average Bonchev–Trinajstić information content (AvgIpc) is 3.19.